The van der Waals surface area contributed by atoms with Crippen molar-refractivity contribution in [3.8, 4) is 0 Å². The maximum atomic E-state index is 10.9. The zero-order valence-corrected chi connectivity index (χ0v) is 11.1. The summed E-state index contributed by atoms with van der Waals surface area (Å²) in [4.78, 5) is 32.6. The first-order chi connectivity index (χ1) is 9.72. The van der Waals surface area contributed by atoms with Crippen molar-refractivity contribution in [2.75, 3.05) is 6.54 Å². The summed E-state index contributed by atoms with van der Waals surface area (Å²) < 4.78 is 0. The molecule has 5 N–H and O–H groups in total. The first-order valence-electron chi connectivity index (χ1n) is 5.94. The van der Waals surface area contributed by atoms with Gasteiger partial charge in [0.05, 0.1) is 11.1 Å². The molecule has 8 nitrogen and oxygen atoms in total. The fourth-order valence-electron chi connectivity index (χ4n) is 1.65. The van der Waals surface area contributed by atoms with Crippen LogP contribution >= 0.6 is 0 Å². The van der Waals surface area contributed by atoms with Crippen LogP contribution in [0.1, 0.15) is 39.3 Å². The van der Waals surface area contributed by atoms with Gasteiger partial charge in [0.15, 0.2) is 0 Å². The minimum atomic E-state index is -1.53. The van der Waals surface area contributed by atoms with E-state index >= 15 is 0 Å². The van der Waals surface area contributed by atoms with E-state index in [1.54, 1.807) is 0 Å². The van der Waals surface area contributed by atoms with Crippen molar-refractivity contribution in [3.63, 3.8) is 0 Å². The molecule has 114 valence electrons. The average molecular weight is 297 g/mol. The Hall–Kier alpha value is -2.45. The van der Waals surface area contributed by atoms with Gasteiger partial charge in [0, 0.05) is 13.5 Å². The Kier molecular flexibility index (Phi) is 5.39. The van der Waals surface area contributed by atoms with E-state index in [1.807, 2.05) is 0 Å². The minimum absolute atomic E-state index is 0.0647. The SMILES string of the molecule is CC(=O)NCC(O)C(O)c1cc(C(=O)O)cc(C(=O)O)c1. The lowest BCUT2D eigenvalue weighted by molar-refractivity contribution is -0.119. The van der Waals surface area contributed by atoms with Crippen molar-refractivity contribution in [1.82, 2.24) is 5.32 Å². The summed E-state index contributed by atoms with van der Waals surface area (Å²) in [6.07, 6.45) is -2.94. The molecule has 0 spiro atoms. The van der Waals surface area contributed by atoms with E-state index in [0.29, 0.717) is 0 Å². The van der Waals surface area contributed by atoms with E-state index in [2.05, 4.69) is 5.32 Å². The topological polar surface area (TPSA) is 144 Å². The Bertz CT molecular complexity index is 537. The number of amides is 1. The van der Waals surface area contributed by atoms with E-state index in [-0.39, 0.29) is 23.2 Å². The lowest BCUT2D eigenvalue weighted by Crippen LogP contribution is -2.34. The normalized spacial score (nSPS) is 13.3. The molecule has 1 rings (SSSR count). The third kappa shape index (κ3) is 4.55. The van der Waals surface area contributed by atoms with Crippen LogP contribution in [-0.2, 0) is 4.79 Å². The Morgan fingerprint density at radius 3 is 1.90 bits per heavy atom. The summed E-state index contributed by atoms with van der Waals surface area (Å²) >= 11 is 0. The number of nitrogens with one attached hydrogen (secondary N) is 1. The lowest BCUT2D eigenvalue weighted by Gasteiger charge is -2.19. The zero-order chi connectivity index (χ0) is 16.2. The third-order valence-corrected chi connectivity index (χ3v) is 2.72. The lowest BCUT2D eigenvalue weighted by atomic mass is 9.98. The van der Waals surface area contributed by atoms with Crippen LogP contribution in [0.5, 0.6) is 0 Å². The molecule has 0 aromatic heterocycles. The number of carbonyl (C=O) groups excluding carboxylic acids is 1. The molecule has 0 radical (unpaired) electrons. The highest BCUT2D eigenvalue weighted by Crippen LogP contribution is 2.20. The van der Waals surface area contributed by atoms with Crippen LogP contribution in [0.4, 0.5) is 0 Å². The molecule has 21 heavy (non-hydrogen) atoms. The predicted octanol–water partition coefficient (Wildman–Crippen LogP) is -0.387. The van der Waals surface area contributed by atoms with Crippen molar-refractivity contribution < 1.29 is 34.8 Å². The molecular formula is C13H15NO7. The number of carbonyl (C=O) groups is 3. The van der Waals surface area contributed by atoms with Crippen molar-refractivity contribution in [3.05, 3.63) is 34.9 Å². The molecule has 1 aromatic carbocycles. The number of hydrogen-bond donors (Lipinski definition) is 5. The molecule has 0 saturated carbocycles. The van der Waals surface area contributed by atoms with Gasteiger partial charge in [-0.15, -0.1) is 0 Å². The highest BCUT2D eigenvalue weighted by atomic mass is 16.4. The number of rotatable bonds is 6. The van der Waals surface area contributed by atoms with Crippen LogP contribution in [0.3, 0.4) is 0 Å². The Morgan fingerprint density at radius 1 is 1.05 bits per heavy atom. The molecule has 0 aliphatic rings. The standard InChI is InChI=1S/C13H15NO7/c1-6(15)14-5-10(16)11(17)7-2-8(12(18)19)4-9(3-7)13(20)21/h2-4,10-11,16-17H,5H2,1H3,(H,14,15)(H,18,19)(H,20,21). The first-order valence-corrected chi connectivity index (χ1v) is 5.94. The monoisotopic (exact) mass is 297 g/mol. The smallest absolute Gasteiger partial charge is 0.335 e. The molecule has 2 unspecified atom stereocenters. The second kappa shape index (κ2) is 6.82. The Balaban J connectivity index is 3.07. The molecule has 8 heteroatoms. The Labute approximate surface area is 119 Å². The number of aliphatic hydroxyl groups excluding tert-OH is 2. The number of carboxylic acid groups (broad SMARTS) is 2. The molecule has 0 saturated heterocycles. The molecule has 1 amide bonds. The quantitative estimate of drug-likeness (QED) is 0.481. The van der Waals surface area contributed by atoms with Crippen LogP contribution in [0.15, 0.2) is 18.2 Å². The average Bonchev–Trinajstić information content (AvgIpc) is 2.43. The van der Waals surface area contributed by atoms with Gasteiger partial charge in [0.1, 0.15) is 12.2 Å². The number of carboxylic acids is 2. The maximum absolute atomic E-state index is 10.9. The predicted molar refractivity (Wildman–Crippen MR) is 70.0 cm³/mol. The molecule has 2 atom stereocenters. The van der Waals surface area contributed by atoms with Gasteiger partial charge < -0.3 is 25.7 Å². The summed E-state index contributed by atoms with van der Waals surface area (Å²) in [5.41, 5.74) is -0.712. The van der Waals surface area contributed by atoms with Crippen molar-refractivity contribution in [2.45, 2.75) is 19.1 Å². The summed E-state index contributed by atoms with van der Waals surface area (Å²) in [6.45, 7) is 0.975. The summed E-state index contributed by atoms with van der Waals surface area (Å²) in [5, 5.41) is 39.8. The van der Waals surface area contributed by atoms with Crippen LogP contribution in [-0.4, -0.2) is 50.9 Å². The molecule has 0 bridgehead atoms. The highest BCUT2D eigenvalue weighted by Gasteiger charge is 2.22. The van der Waals surface area contributed by atoms with Gasteiger partial charge in [-0.1, -0.05) is 0 Å². The molecule has 0 aliphatic carbocycles. The number of aromatic carboxylic acids is 2. The molecule has 0 fully saturated rings. The van der Waals surface area contributed by atoms with E-state index < -0.39 is 30.1 Å². The second-order valence-corrected chi connectivity index (χ2v) is 4.40. The van der Waals surface area contributed by atoms with Gasteiger partial charge >= 0.3 is 11.9 Å². The Morgan fingerprint density at radius 2 is 1.52 bits per heavy atom. The van der Waals surface area contributed by atoms with Crippen molar-refractivity contribution >= 4 is 17.8 Å². The van der Waals surface area contributed by atoms with Gasteiger partial charge in [0.2, 0.25) is 5.91 Å². The fourth-order valence-corrected chi connectivity index (χ4v) is 1.65. The third-order valence-electron chi connectivity index (χ3n) is 2.72. The van der Waals surface area contributed by atoms with Crippen molar-refractivity contribution in [1.29, 1.82) is 0 Å². The molecule has 0 aliphatic heterocycles. The minimum Gasteiger partial charge on any atom is -0.478 e. The van der Waals surface area contributed by atoms with E-state index in [4.69, 9.17) is 10.2 Å². The van der Waals surface area contributed by atoms with E-state index in [1.165, 1.54) is 6.92 Å². The second-order valence-electron chi connectivity index (χ2n) is 4.40. The summed E-state index contributed by atoms with van der Waals surface area (Å²) in [5.74, 6) is -3.13. The molecular weight excluding hydrogens is 282 g/mol. The number of hydrogen-bond acceptors (Lipinski definition) is 5. The number of aliphatic hydroxyl groups is 2. The van der Waals surface area contributed by atoms with Gasteiger partial charge in [-0.05, 0) is 23.8 Å². The summed E-state index contributed by atoms with van der Waals surface area (Å²) in [7, 11) is 0. The molecule has 0 heterocycles. The van der Waals surface area contributed by atoms with E-state index in [9.17, 15) is 24.6 Å². The van der Waals surface area contributed by atoms with E-state index in [0.717, 1.165) is 18.2 Å². The first kappa shape index (κ1) is 16.6. The van der Waals surface area contributed by atoms with Gasteiger partial charge in [0.25, 0.3) is 0 Å². The van der Waals surface area contributed by atoms with Crippen LogP contribution in [0, 0.1) is 0 Å². The van der Waals surface area contributed by atoms with Gasteiger partial charge in [-0.2, -0.15) is 0 Å². The van der Waals surface area contributed by atoms with Gasteiger partial charge in [-0.3, -0.25) is 4.79 Å². The van der Waals surface area contributed by atoms with Crippen LogP contribution in [0.25, 0.3) is 0 Å². The number of benzene rings is 1. The highest BCUT2D eigenvalue weighted by molar-refractivity contribution is 5.94. The van der Waals surface area contributed by atoms with Crippen molar-refractivity contribution in [2.24, 2.45) is 0 Å². The largest absolute Gasteiger partial charge is 0.478 e. The van der Waals surface area contributed by atoms with Crippen LogP contribution < -0.4 is 5.32 Å². The van der Waals surface area contributed by atoms with Gasteiger partial charge in [-0.25, -0.2) is 9.59 Å². The van der Waals surface area contributed by atoms with Crippen LogP contribution in [0.2, 0.25) is 0 Å². The maximum Gasteiger partial charge on any atom is 0.335 e. The summed E-state index contributed by atoms with van der Waals surface area (Å²) in [6, 6.07) is 3.08. The fraction of sp³-hybridized carbons (Fsp3) is 0.308. The zero-order valence-electron chi connectivity index (χ0n) is 11.1. The molecule has 1 aromatic rings.